The van der Waals surface area contributed by atoms with Crippen molar-refractivity contribution >= 4 is 0 Å². The molecule has 1 aliphatic rings. The van der Waals surface area contributed by atoms with E-state index in [1.807, 2.05) is 0 Å². The molecule has 0 spiro atoms. The van der Waals surface area contributed by atoms with Crippen LogP contribution in [0.5, 0.6) is 0 Å². The summed E-state index contributed by atoms with van der Waals surface area (Å²) in [6.45, 7) is 10.2. The molecule has 0 amide bonds. The predicted octanol–water partition coefficient (Wildman–Crippen LogP) is 1.87. The van der Waals surface area contributed by atoms with E-state index in [4.69, 9.17) is 4.74 Å². The second-order valence-electron chi connectivity index (χ2n) is 4.97. The second kappa shape index (κ2) is 7.25. The van der Waals surface area contributed by atoms with Crippen LogP contribution in [0.2, 0.25) is 0 Å². The van der Waals surface area contributed by atoms with Crippen LogP contribution in [0, 0.1) is 0 Å². The van der Waals surface area contributed by atoms with E-state index >= 15 is 0 Å². The third-order valence-corrected chi connectivity index (χ3v) is 3.76. The van der Waals surface area contributed by atoms with Gasteiger partial charge in [-0.3, -0.25) is 4.90 Å². The number of ether oxygens (including phenoxy) is 1. The summed E-state index contributed by atoms with van der Waals surface area (Å²) in [5.74, 6) is 0. The highest BCUT2D eigenvalue weighted by Crippen LogP contribution is 2.13. The molecule has 1 saturated heterocycles. The minimum absolute atomic E-state index is 0.313. The molecular weight excluding hydrogens is 200 g/mol. The fourth-order valence-corrected chi connectivity index (χ4v) is 2.44. The lowest BCUT2D eigenvalue weighted by Crippen LogP contribution is -2.47. The van der Waals surface area contributed by atoms with E-state index in [9.17, 15) is 0 Å². The predicted molar refractivity (Wildman–Crippen MR) is 68.8 cm³/mol. The van der Waals surface area contributed by atoms with Gasteiger partial charge in [0.15, 0.2) is 0 Å². The van der Waals surface area contributed by atoms with Crippen molar-refractivity contribution in [1.29, 1.82) is 0 Å². The maximum Gasteiger partial charge on any atom is 0.0695 e. The van der Waals surface area contributed by atoms with Gasteiger partial charge in [-0.2, -0.15) is 0 Å². The van der Waals surface area contributed by atoms with Crippen LogP contribution < -0.4 is 5.32 Å². The molecule has 3 heteroatoms. The maximum absolute atomic E-state index is 5.44. The van der Waals surface area contributed by atoms with Crippen LogP contribution in [0.15, 0.2) is 0 Å². The largest absolute Gasteiger partial charge is 0.380 e. The molecule has 0 saturated carbocycles. The van der Waals surface area contributed by atoms with E-state index in [1.165, 1.54) is 38.9 Å². The lowest BCUT2D eigenvalue weighted by Gasteiger charge is -2.34. The first-order valence-electron chi connectivity index (χ1n) is 6.69. The van der Waals surface area contributed by atoms with E-state index in [2.05, 4.69) is 31.0 Å². The zero-order valence-electron chi connectivity index (χ0n) is 11.3. The topological polar surface area (TPSA) is 24.5 Å². The third-order valence-electron chi connectivity index (χ3n) is 3.76. The van der Waals surface area contributed by atoms with Crippen molar-refractivity contribution in [3.05, 3.63) is 0 Å². The van der Waals surface area contributed by atoms with Gasteiger partial charge in [-0.15, -0.1) is 0 Å². The normalized spacial score (nSPS) is 24.9. The van der Waals surface area contributed by atoms with Gasteiger partial charge < -0.3 is 10.1 Å². The Balaban J connectivity index is 2.44. The number of hydrogen-bond acceptors (Lipinski definition) is 3. The van der Waals surface area contributed by atoms with Crippen molar-refractivity contribution in [2.24, 2.45) is 0 Å². The minimum Gasteiger partial charge on any atom is -0.380 e. The molecule has 0 aliphatic carbocycles. The fourth-order valence-electron chi connectivity index (χ4n) is 2.44. The molecule has 0 radical (unpaired) electrons. The standard InChI is InChI=1S/C13H28N2O/c1-5-9-15(11(2)12(3)16-4)10-13-7-6-8-14-13/h11-14H,5-10H2,1-4H3. The lowest BCUT2D eigenvalue weighted by molar-refractivity contribution is 0.0301. The smallest absolute Gasteiger partial charge is 0.0695 e. The Labute approximate surface area is 101 Å². The van der Waals surface area contributed by atoms with Crippen LogP contribution in [0.1, 0.15) is 40.0 Å². The minimum atomic E-state index is 0.313. The van der Waals surface area contributed by atoms with Gasteiger partial charge in [0.05, 0.1) is 6.10 Å². The monoisotopic (exact) mass is 228 g/mol. The molecule has 3 unspecified atom stereocenters. The van der Waals surface area contributed by atoms with Crippen molar-refractivity contribution in [3.63, 3.8) is 0 Å². The molecular formula is C13H28N2O. The Bertz CT molecular complexity index is 181. The number of methoxy groups -OCH3 is 1. The van der Waals surface area contributed by atoms with Crippen LogP contribution in [0.25, 0.3) is 0 Å². The Morgan fingerprint density at radius 3 is 2.69 bits per heavy atom. The molecule has 1 heterocycles. The highest BCUT2D eigenvalue weighted by molar-refractivity contribution is 4.81. The molecule has 3 nitrogen and oxygen atoms in total. The number of rotatable bonds is 7. The molecule has 16 heavy (non-hydrogen) atoms. The van der Waals surface area contributed by atoms with Crippen LogP contribution in [-0.2, 0) is 4.74 Å². The average molecular weight is 228 g/mol. The summed E-state index contributed by atoms with van der Waals surface area (Å²) in [6, 6.07) is 1.20. The number of nitrogens with one attached hydrogen (secondary N) is 1. The van der Waals surface area contributed by atoms with Crippen LogP contribution >= 0.6 is 0 Å². The first-order valence-corrected chi connectivity index (χ1v) is 6.69. The van der Waals surface area contributed by atoms with Crippen molar-refractivity contribution in [2.45, 2.75) is 58.2 Å². The highest BCUT2D eigenvalue weighted by Gasteiger charge is 2.23. The molecule has 1 N–H and O–H groups in total. The first kappa shape index (κ1) is 13.9. The molecule has 0 bridgehead atoms. The van der Waals surface area contributed by atoms with E-state index in [1.54, 1.807) is 7.11 Å². The van der Waals surface area contributed by atoms with E-state index in [0.29, 0.717) is 18.2 Å². The summed E-state index contributed by atoms with van der Waals surface area (Å²) in [7, 11) is 1.80. The van der Waals surface area contributed by atoms with E-state index in [0.717, 1.165) is 0 Å². The Hall–Kier alpha value is -0.120. The van der Waals surface area contributed by atoms with Crippen molar-refractivity contribution < 1.29 is 4.74 Å². The van der Waals surface area contributed by atoms with Crippen molar-refractivity contribution in [3.8, 4) is 0 Å². The summed E-state index contributed by atoms with van der Waals surface area (Å²) in [4.78, 5) is 2.57. The summed E-state index contributed by atoms with van der Waals surface area (Å²) in [5.41, 5.74) is 0. The summed E-state index contributed by atoms with van der Waals surface area (Å²) < 4.78 is 5.44. The molecule has 1 rings (SSSR count). The van der Waals surface area contributed by atoms with Gasteiger partial charge in [-0.1, -0.05) is 6.92 Å². The van der Waals surface area contributed by atoms with Gasteiger partial charge in [0.1, 0.15) is 0 Å². The van der Waals surface area contributed by atoms with Crippen LogP contribution in [0.4, 0.5) is 0 Å². The summed E-state index contributed by atoms with van der Waals surface area (Å²) in [6.07, 6.45) is 4.19. The maximum atomic E-state index is 5.44. The molecule has 1 aliphatic heterocycles. The molecule has 96 valence electrons. The Morgan fingerprint density at radius 2 is 2.19 bits per heavy atom. The zero-order valence-corrected chi connectivity index (χ0v) is 11.3. The summed E-state index contributed by atoms with van der Waals surface area (Å²) >= 11 is 0. The first-order chi connectivity index (χ1) is 7.69. The fraction of sp³-hybridized carbons (Fsp3) is 1.00. The highest BCUT2D eigenvalue weighted by atomic mass is 16.5. The van der Waals surface area contributed by atoms with Gasteiger partial charge in [0.2, 0.25) is 0 Å². The van der Waals surface area contributed by atoms with Crippen molar-refractivity contribution in [2.75, 3.05) is 26.7 Å². The van der Waals surface area contributed by atoms with Crippen molar-refractivity contribution in [1.82, 2.24) is 10.2 Å². The lowest BCUT2D eigenvalue weighted by atomic mass is 10.1. The summed E-state index contributed by atoms with van der Waals surface area (Å²) in [5, 5.41) is 3.57. The van der Waals surface area contributed by atoms with Gasteiger partial charge >= 0.3 is 0 Å². The van der Waals surface area contributed by atoms with Crippen LogP contribution in [0.3, 0.4) is 0 Å². The molecule has 0 aromatic heterocycles. The van der Waals surface area contributed by atoms with E-state index in [-0.39, 0.29) is 0 Å². The Morgan fingerprint density at radius 1 is 1.44 bits per heavy atom. The van der Waals surface area contributed by atoms with Crippen LogP contribution in [-0.4, -0.2) is 49.8 Å². The van der Waals surface area contributed by atoms with Gasteiger partial charge in [0, 0.05) is 25.7 Å². The Kier molecular flexibility index (Phi) is 6.32. The quantitative estimate of drug-likeness (QED) is 0.720. The van der Waals surface area contributed by atoms with E-state index < -0.39 is 0 Å². The molecule has 0 aromatic rings. The SMILES string of the molecule is CCCN(CC1CCCN1)C(C)C(C)OC. The number of hydrogen-bond donors (Lipinski definition) is 1. The van der Waals surface area contributed by atoms with Gasteiger partial charge in [-0.05, 0) is 46.2 Å². The molecule has 3 atom stereocenters. The van der Waals surface area contributed by atoms with Gasteiger partial charge in [-0.25, -0.2) is 0 Å². The number of nitrogens with zero attached hydrogens (tertiary/aromatic N) is 1. The molecule has 0 aromatic carbocycles. The second-order valence-corrected chi connectivity index (χ2v) is 4.97. The molecule has 1 fully saturated rings. The third kappa shape index (κ3) is 4.04. The average Bonchev–Trinajstić information content (AvgIpc) is 2.79. The zero-order chi connectivity index (χ0) is 12.0. The van der Waals surface area contributed by atoms with Gasteiger partial charge in [0.25, 0.3) is 0 Å².